The highest BCUT2D eigenvalue weighted by Gasteiger charge is 2.69. The Bertz CT molecular complexity index is 1970. The second-order valence-electron chi connectivity index (χ2n) is 12.7. The molecule has 2 bridgehead atoms. The van der Waals surface area contributed by atoms with Crippen LogP contribution < -0.4 is 14.5 Å². The fourth-order valence-corrected chi connectivity index (χ4v) is 11.6. The number of thioether (sulfide) groups is 1. The van der Waals surface area contributed by atoms with Gasteiger partial charge < -0.3 is 14.5 Å². The Hall–Kier alpha value is -3.67. The van der Waals surface area contributed by atoms with Crippen molar-refractivity contribution in [3.63, 3.8) is 0 Å². The molecule has 2 aliphatic heterocycles. The van der Waals surface area contributed by atoms with Crippen LogP contribution in [0, 0.1) is 36.5 Å². The van der Waals surface area contributed by atoms with E-state index < -0.39 is 17.8 Å². The van der Waals surface area contributed by atoms with Crippen molar-refractivity contribution in [3.05, 3.63) is 108 Å². The molecular weight excluding hydrogens is 700 g/mol. The summed E-state index contributed by atoms with van der Waals surface area (Å²) in [5.41, 5.74) is 4.05. The number of hydrogen-bond donors (Lipinski definition) is 1. The predicted octanol–water partition coefficient (Wildman–Crippen LogP) is 6.94. The van der Waals surface area contributed by atoms with E-state index >= 15 is 0 Å². The van der Waals surface area contributed by atoms with Crippen molar-refractivity contribution in [2.45, 2.75) is 43.1 Å². The van der Waals surface area contributed by atoms with E-state index in [0.717, 1.165) is 37.7 Å². The van der Waals surface area contributed by atoms with Crippen molar-refractivity contribution in [1.29, 1.82) is 0 Å². The molecule has 0 spiro atoms. The molecule has 1 saturated heterocycles. The summed E-state index contributed by atoms with van der Waals surface area (Å²) in [7, 11) is 0. The van der Waals surface area contributed by atoms with Crippen molar-refractivity contribution in [2.75, 3.05) is 11.5 Å². The molecule has 4 aliphatic rings. The third-order valence-corrected chi connectivity index (χ3v) is 13.3. The second kappa shape index (κ2) is 11.8. The average Bonchev–Trinajstić information content (AvgIpc) is 3.80. The lowest BCUT2D eigenvalue weighted by Crippen LogP contribution is -2.42. The quantitative estimate of drug-likeness (QED) is 0.162. The number of nitrogens with zero attached hydrogens (tertiary/aromatic N) is 1. The Morgan fingerprint density at radius 2 is 1.70 bits per heavy atom. The van der Waals surface area contributed by atoms with Crippen LogP contribution in [0.4, 0.5) is 5.69 Å². The first-order chi connectivity index (χ1) is 22.7. The maximum absolute atomic E-state index is 14.2. The Morgan fingerprint density at radius 1 is 0.979 bits per heavy atom. The Balaban J connectivity index is 1.15. The van der Waals surface area contributed by atoms with Gasteiger partial charge in [-0.25, -0.2) is 4.79 Å². The van der Waals surface area contributed by atoms with Crippen LogP contribution in [-0.4, -0.2) is 34.6 Å². The predicted molar refractivity (Wildman–Crippen MR) is 183 cm³/mol. The number of halogens is 1. The van der Waals surface area contributed by atoms with Gasteiger partial charge >= 0.3 is 10.8 Å². The summed E-state index contributed by atoms with van der Waals surface area (Å²) in [6, 6.07) is 20.8. The minimum Gasteiger partial charge on any atom is -0.489 e. The number of hydrogen-bond acceptors (Lipinski definition) is 8. The van der Waals surface area contributed by atoms with Crippen molar-refractivity contribution < 1.29 is 23.9 Å². The smallest absolute Gasteiger partial charge is 0.338 e. The number of H-pyrrole nitrogens is 1. The van der Waals surface area contributed by atoms with E-state index in [0.29, 0.717) is 17.9 Å². The summed E-state index contributed by atoms with van der Waals surface area (Å²) in [5, 5.41) is 0.902. The molecule has 0 unspecified atom stereocenters. The van der Waals surface area contributed by atoms with Gasteiger partial charge in [-0.1, -0.05) is 57.1 Å². The lowest BCUT2D eigenvalue weighted by Gasteiger charge is -2.43. The molecule has 3 fully saturated rings. The Kier molecular flexibility index (Phi) is 7.69. The highest BCUT2D eigenvalue weighted by atomic mass is 79.9. The van der Waals surface area contributed by atoms with E-state index in [2.05, 4.69) is 58.2 Å². The van der Waals surface area contributed by atoms with Gasteiger partial charge in [0.1, 0.15) is 12.4 Å². The molecule has 47 heavy (non-hydrogen) atoms. The molecule has 11 heteroatoms. The van der Waals surface area contributed by atoms with Crippen LogP contribution in [0.15, 0.2) is 81.0 Å². The lowest BCUT2D eigenvalue weighted by atomic mass is 9.68. The summed E-state index contributed by atoms with van der Waals surface area (Å²) >= 11 is 6.57. The first-order valence-corrected chi connectivity index (χ1v) is 18.2. The van der Waals surface area contributed by atoms with Crippen molar-refractivity contribution >= 4 is 62.5 Å². The number of thiazole rings is 1. The van der Waals surface area contributed by atoms with Crippen molar-refractivity contribution in [1.82, 2.24) is 4.98 Å². The zero-order valence-corrected chi connectivity index (χ0v) is 28.8. The molecular formula is C36H31BrN2O6S2. The standard InChI is InChI=1S/C36H31BrN2O6S2/c1-3-44-35(42)19-8-11-21(12-9-19)39-33(40)28-23-15-24(29(28)34(39)41)30-27(23)26(31-32(46-30)38-36(43)47-31)22-14-20(37)10-13-25(22)45-16-18-6-4-17(2)5-7-18/h4-14,23-24,26-30H,3,15-16H2,1-2H3,(H,38,43)/t23-,24-,26+,27+,28+,29+,30-/m1/s1. The molecule has 7 atom stereocenters. The lowest BCUT2D eigenvalue weighted by molar-refractivity contribution is -0.123. The van der Waals surface area contributed by atoms with E-state index in [9.17, 15) is 19.2 Å². The number of amides is 2. The molecule has 8 rings (SSSR count). The topological polar surface area (TPSA) is 106 Å². The summed E-state index contributed by atoms with van der Waals surface area (Å²) in [4.78, 5) is 58.5. The summed E-state index contributed by atoms with van der Waals surface area (Å²) in [6.45, 7) is 4.46. The van der Waals surface area contributed by atoms with Crippen LogP contribution in [0.3, 0.4) is 0 Å². The molecule has 1 N–H and O–H groups in total. The van der Waals surface area contributed by atoms with Crippen LogP contribution in [0.1, 0.15) is 51.2 Å². The first kappa shape index (κ1) is 30.7. The SMILES string of the molecule is CCOC(=O)c1ccc(N2C(=O)[C@H]3[C@H]4C[C@@H]([C@@H]3C2=O)[C@H]2[C@H](c3cc(Br)ccc3OCc3ccc(C)cc3)c3sc(=O)[nH]c3S[C@H]42)cc1. The number of ether oxygens (including phenoxy) is 2. The number of fused-ring (bicyclic) bond motifs is 9. The number of esters is 1. The number of aryl methyl sites for hydroxylation is 1. The van der Waals surface area contributed by atoms with Gasteiger partial charge in [-0.15, -0.1) is 11.8 Å². The maximum atomic E-state index is 14.2. The average molecular weight is 732 g/mol. The van der Waals surface area contributed by atoms with Gasteiger partial charge in [0.2, 0.25) is 11.8 Å². The van der Waals surface area contributed by atoms with E-state index in [4.69, 9.17) is 9.47 Å². The number of rotatable bonds is 7. The van der Waals surface area contributed by atoms with Gasteiger partial charge in [0.05, 0.1) is 34.7 Å². The molecule has 3 heterocycles. The van der Waals surface area contributed by atoms with Gasteiger partial charge in [-0.3, -0.25) is 19.3 Å². The molecule has 2 saturated carbocycles. The number of aromatic nitrogens is 1. The number of aromatic amines is 1. The zero-order valence-electron chi connectivity index (χ0n) is 25.6. The fraction of sp³-hybridized carbons (Fsp3) is 0.333. The molecule has 2 aliphatic carbocycles. The first-order valence-electron chi connectivity index (χ1n) is 15.8. The van der Waals surface area contributed by atoms with Gasteiger partial charge in [-0.2, -0.15) is 0 Å². The third kappa shape index (κ3) is 5.00. The van der Waals surface area contributed by atoms with E-state index in [1.54, 1.807) is 43.0 Å². The molecule has 0 radical (unpaired) electrons. The number of nitrogens with one attached hydrogen (secondary N) is 1. The van der Waals surface area contributed by atoms with Crippen molar-refractivity contribution in [2.24, 2.45) is 29.6 Å². The molecule has 8 nitrogen and oxygen atoms in total. The van der Waals surface area contributed by atoms with E-state index in [1.165, 1.54) is 21.8 Å². The Labute approximate surface area is 288 Å². The summed E-state index contributed by atoms with van der Waals surface area (Å²) in [6.07, 6.45) is 0.786. The van der Waals surface area contributed by atoms with E-state index in [1.807, 2.05) is 12.1 Å². The number of anilines is 1. The molecule has 240 valence electrons. The third-order valence-electron chi connectivity index (χ3n) is 10.2. The van der Waals surface area contributed by atoms with E-state index in [-0.39, 0.29) is 52.2 Å². The van der Waals surface area contributed by atoms with Gasteiger partial charge in [0.15, 0.2) is 0 Å². The second-order valence-corrected chi connectivity index (χ2v) is 15.8. The summed E-state index contributed by atoms with van der Waals surface area (Å²) < 4.78 is 12.5. The molecule has 3 aromatic carbocycles. The normalized spacial score (nSPS) is 27.0. The largest absolute Gasteiger partial charge is 0.489 e. The zero-order chi connectivity index (χ0) is 32.6. The maximum Gasteiger partial charge on any atom is 0.338 e. The van der Waals surface area contributed by atoms with Crippen LogP contribution in [0.2, 0.25) is 0 Å². The minimum absolute atomic E-state index is 0.0108. The fourth-order valence-electron chi connectivity index (χ4n) is 8.32. The molecule has 4 aromatic rings. The van der Waals surface area contributed by atoms with Crippen LogP contribution >= 0.6 is 39.0 Å². The number of carbonyl (C=O) groups is 3. The highest BCUT2D eigenvalue weighted by molar-refractivity contribution is 9.10. The van der Waals surface area contributed by atoms with Crippen LogP contribution in [0.5, 0.6) is 5.75 Å². The summed E-state index contributed by atoms with van der Waals surface area (Å²) in [5.74, 6) is -1.12. The van der Waals surface area contributed by atoms with Gasteiger partial charge in [0.25, 0.3) is 0 Å². The molecule has 1 aromatic heterocycles. The highest BCUT2D eigenvalue weighted by Crippen LogP contribution is 2.69. The monoisotopic (exact) mass is 730 g/mol. The van der Waals surface area contributed by atoms with Gasteiger partial charge in [0, 0.05) is 26.1 Å². The van der Waals surface area contributed by atoms with Crippen LogP contribution in [0.25, 0.3) is 0 Å². The number of imide groups is 1. The minimum atomic E-state index is -0.444. The van der Waals surface area contributed by atoms with Crippen LogP contribution in [-0.2, 0) is 20.9 Å². The van der Waals surface area contributed by atoms with Gasteiger partial charge in [-0.05, 0) is 86.1 Å². The Morgan fingerprint density at radius 3 is 2.43 bits per heavy atom. The number of carbonyl (C=O) groups excluding carboxylic acids is 3. The number of benzene rings is 3. The van der Waals surface area contributed by atoms with Crippen molar-refractivity contribution in [3.8, 4) is 5.75 Å². The molecule has 2 amide bonds.